The molecule has 1 aliphatic carbocycles. The van der Waals surface area contributed by atoms with Crippen molar-refractivity contribution in [1.82, 2.24) is 4.98 Å². The molecule has 1 aliphatic rings. The van der Waals surface area contributed by atoms with E-state index in [4.69, 9.17) is 18.9 Å². The van der Waals surface area contributed by atoms with E-state index in [1.165, 1.54) is 17.3 Å². The summed E-state index contributed by atoms with van der Waals surface area (Å²) in [5.74, 6) is -0.817. The molecule has 226 valence electrons. The van der Waals surface area contributed by atoms with Gasteiger partial charge in [0.15, 0.2) is 0 Å². The molecular formula is C34H44N2O6. The van der Waals surface area contributed by atoms with E-state index >= 15 is 0 Å². The van der Waals surface area contributed by atoms with Crippen molar-refractivity contribution in [3.8, 4) is 0 Å². The highest BCUT2D eigenvalue weighted by molar-refractivity contribution is 5.92. The maximum Gasteiger partial charge on any atom is 0.339 e. The normalized spacial score (nSPS) is 15.1. The molecule has 3 rings (SSSR count). The molecule has 0 amide bonds. The summed E-state index contributed by atoms with van der Waals surface area (Å²) in [5.41, 5.74) is 4.29. The lowest BCUT2D eigenvalue weighted by Gasteiger charge is -2.28. The SMILES string of the molecule is Cc1ccc(C)c(NC2C=CC=CC(C(=O)OCC(C)(C)OCCOC(C)(C)CCOC(=O)c3cccnc3)=C2)c1C. The van der Waals surface area contributed by atoms with Gasteiger partial charge in [-0.25, -0.2) is 9.59 Å². The summed E-state index contributed by atoms with van der Waals surface area (Å²) >= 11 is 0. The van der Waals surface area contributed by atoms with Crippen molar-refractivity contribution < 1.29 is 28.5 Å². The molecule has 42 heavy (non-hydrogen) atoms. The molecule has 0 spiro atoms. The van der Waals surface area contributed by atoms with Crippen LogP contribution in [0, 0.1) is 20.8 Å². The van der Waals surface area contributed by atoms with Gasteiger partial charge in [-0.05, 0) is 89.4 Å². The van der Waals surface area contributed by atoms with E-state index in [2.05, 4.69) is 43.2 Å². The number of benzene rings is 1. The highest BCUT2D eigenvalue weighted by atomic mass is 16.6. The summed E-state index contributed by atoms with van der Waals surface area (Å²) in [6.07, 6.45) is 13.0. The van der Waals surface area contributed by atoms with Crippen LogP contribution in [0.15, 0.2) is 72.6 Å². The molecule has 8 heteroatoms. The first kappa shape index (κ1) is 32.8. The van der Waals surface area contributed by atoms with Gasteiger partial charge in [-0.2, -0.15) is 0 Å². The predicted octanol–water partition coefficient (Wildman–Crippen LogP) is 6.22. The Balaban J connectivity index is 1.42. The van der Waals surface area contributed by atoms with Crippen LogP contribution in [-0.4, -0.2) is 60.6 Å². The van der Waals surface area contributed by atoms with Crippen LogP contribution in [0.5, 0.6) is 0 Å². The summed E-state index contributed by atoms with van der Waals surface area (Å²) in [4.78, 5) is 29.0. The van der Waals surface area contributed by atoms with Crippen LogP contribution in [0.1, 0.15) is 61.2 Å². The lowest BCUT2D eigenvalue weighted by atomic mass is 10.0. The number of esters is 2. The van der Waals surface area contributed by atoms with Gasteiger partial charge >= 0.3 is 11.9 Å². The van der Waals surface area contributed by atoms with E-state index in [-0.39, 0.29) is 19.3 Å². The van der Waals surface area contributed by atoms with Crippen molar-refractivity contribution in [2.45, 2.75) is 72.1 Å². The molecule has 1 heterocycles. The highest BCUT2D eigenvalue weighted by Gasteiger charge is 2.24. The van der Waals surface area contributed by atoms with Crippen LogP contribution in [0.2, 0.25) is 0 Å². The predicted molar refractivity (Wildman–Crippen MR) is 165 cm³/mol. The van der Waals surface area contributed by atoms with Crippen LogP contribution in [-0.2, 0) is 23.7 Å². The molecule has 0 saturated heterocycles. The van der Waals surface area contributed by atoms with Crippen LogP contribution in [0.3, 0.4) is 0 Å². The van der Waals surface area contributed by atoms with Gasteiger partial charge < -0.3 is 24.3 Å². The van der Waals surface area contributed by atoms with Crippen LogP contribution >= 0.6 is 0 Å². The first-order chi connectivity index (χ1) is 19.9. The van der Waals surface area contributed by atoms with Gasteiger partial charge in [0, 0.05) is 24.5 Å². The van der Waals surface area contributed by atoms with Crippen molar-refractivity contribution >= 4 is 17.6 Å². The number of carbonyl (C=O) groups excluding carboxylic acids is 2. The molecule has 8 nitrogen and oxygen atoms in total. The number of ether oxygens (including phenoxy) is 4. The first-order valence-corrected chi connectivity index (χ1v) is 14.3. The van der Waals surface area contributed by atoms with Crippen molar-refractivity contribution in [3.63, 3.8) is 0 Å². The molecular weight excluding hydrogens is 532 g/mol. The van der Waals surface area contributed by atoms with E-state index in [9.17, 15) is 9.59 Å². The monoisotopic (exact) mass is 576 g/mol. The number of nitrogens with zero attached hydrogens (tertiary/aromatic N) is 1. The van der Waals surface area contributed by atoms with E-state index in [1.54, 1.807) is 24.4 Å². The largest absolute Gasteiger partial charge is 0.462 e. The van der Waals surface area contributed by atoms with Crippen LogP contribution in [0.25, 0.3) is 0 Å². The van der Waals surface area contributed by atoms with Gasteiger partial charge in [0.2, 0.25) is 0 Å². The minimum Gasteiger partial charge on any atom is -0.462 e. The molecule has 1 aromatic carbocycles. The van der Waals surface area contributed by atoms with Crippen molar-refractivity contribution in [2.75, 3.05) is 31.7 Å². The van der Waals surface area contributed by atoms with Gasteiger partial charge in [-0.1, -0.05) is 30.4 Å². The van der Waals surface area contributed by atoms with E-state index in [0.29, 0.717) is 30.8 Å². The standard InChI is InChI=1S/C34H44N2O6/c1-24-14-15-25(2)30(26(24)3)36-29-13-9-8-11-27(21-29)31(37)40-23-34(6,7)42-20-19-41-33(4,5)16-18-39-32(38)28-12-10-17-35-22-28/h8-15,17,21-22,29,36H,16,18-20,23H2,1-7H3. The zero-order chi connectivity index (χ0) is 30.8. The molecule has 0 aliphatic heterocycles. The van der Waals surface area contributed by atoms with Gasteiger partial charge in [0.1, 0.15) is 6.61 Å². The third-order valence-corrected chi connectivity index (χ3v) is 7.01. The fraction of sp³-hybridized carbons (Fsp3) is 0.441. The Hall–Kier alpha value is -3.75. The Morgan fingerprint density at radius 2 is 1.60 bits per heavy atom. The van der Waals surface area contributed by atoms with Gasteiger partial charge in [0.05, 0.1) is 48.2 Å². The molecule has 1 unspecified atom stereocenters. The summed E-state index contributed by atoms with van der Waals surface area (Å²) < 4.78 is 22.9. The molecule has 2 aromatic rings. The Morgan fingerprint density at radius 1 is 0.881 bits per heavy atom. The second-order valence-electron chi connectivity index (χ2n) is 11.7. The summed E-state index contributed by atoms with van der Waals surface area (Å²) in [6.45, 7) is 14.8. The lowest BCUT2D eigenvalue weighted by molar-refractivity contribution is -0.151. The highest BCUT2D eigenvalue weighted by Crippen LogP contribution is 2.25. The van der Waals surface area contributed by atoms with Crippen molar-refractivity contribution in [3.05, 3.63) is 94.9 Å². The fourth-order valence-electron chi connectivity index (χ4n) is 4.24. The number of hydrogen-bond acceptors (Lipinski definition) is 8. The second-order valence-corrected chi connectivity index (χ2v) is 11.7. The summed E-state index contributed by atoms with van der Waals surface area (Å²) in [7, 11) is 0. The average Bonchev–Trinajstić information content (AvgIpc) is 3.20. The number of carbonyl (C=O) groups is 2. The minimum atomic E-state index is -0.705. The average molecular weight is 577 g/mol. The van der Waals surface area contributed by atoms with E-state index < -0.39 is 23.1 Å². The maximum absolute atomic E-state index is 13.0. The van der Waals surface area contributed by atoms with Crippen molar-refractivity contribution in [2.24, 2.45) is 0 Å². The smallest absolute Gasteiger partial charge is 0.339 e. The fourth-order valence-corrected chi connectivity index (χ4v) is 4.24. The molecule has 1 N–H and O–H groups in total. The van der Waals surface area contributed by atoms with E-state index in [1.807, 2.05) is 52.0 Å². The number of nitrogens with one attached hydrogen (secondary N) is 1. The van der Waals surface area contributed by atoms with Gasteiger partial charge in [0.25, 0.3) is 0 Å². The van der Waals surface area contributed by atoms with Gasteiger partial charge in [-0.15, -0.1) is 0 Å². The molecule has 0 bridgehead atoms. The summed E-state index contributed by atoms with van der Waals surface area (Å²) in [6, 6.07) is 7.40. The molecule has 0 saturated carbocycles. The number of pyridine rings is 1. The Kier molecular flexibility index (Phi) is 11.6. The molecule has 1 aromatic heterocycles. The van der Waals surface area contributed by atoms with E-state index in [0.717, 1.165) is 11.3 Å². The van der Waals surface area contributed by atoms with Crippen LogP contribution in [0.4, 0.5) is 5.69 Å². The second kappa shape index (κ2) is 14.9. The minimum absolute atomic E-state index is 0.0896. The number of rotatable bonds is 14. The Bertz CT molecular complexity index is 1310. The molecule has 1 atom stereocenters. The number of aromatic nitrogens is 1. The van der Waals surface area contributed by atoms with Gasteiger partial charge in [-0.3, -0.25) is 4.98 Å². The Labute approximate surface area is 249 Å². The number of allylic oxidation sites excluding steroid dienone is 2. The van der Waals surface area contributed by atoms with Crippen LogP contribution < -0.4 is 5.32 Å². The topological polar surface area (TPSA) is 96.0 Å². The third kappa shape index (κ3) is 10.3. The maximum atomic E-state index is 13.0. The number of aryl methyl sites for hydroxylation is 2. The molecule has 0 radical (unpaired) electrons. The number of hydrogen-bond donors (Lipinski definition) is 1. The first-order valence-electron chi connectivity index (χ1n) is 14.3. The Morgan fingerprint density at radius 3 is 2.31 bits per heavy atom. The van der Waals surface area contributed by atoms with Crippen molar-refractivity contribution in [1.29, 1.82) is 0 Å². The lowest BCUT2D eigenvalue weighted by Crippen LogP contribution is -2.35. The zero-order valence-corrected chi connectivity index (χ0v) is 25.9. The third-order valence-electron chi connectivity index (χ3n) is 7.01. The zero-order valence-electron chi connectivity index (χ0n) is 25.9. The summed E-state index contributed by atoms with van der Waals surface area (Å²) in [5, 5.41) is 3.55. The quantitative estimate of drug-likeness (QED) is 0.209. The molecule has 0 fully saturated rings. The number of anilines is 1.